The van der Waals surface area contributed by atoms with Crippen molar-refractivity contribution in [3.05, 3.63) is 41.7 Å². The lowest BCUT2D eigenvalue weighted by Crippen LogP contribution is -2.39. The van der Waals surface area contributed by atoms with Crippen molar-refractivity contribution in [1.29, 1.82) is 0 Å². The molecule has 3 aromatic rings. The van der Waals surface area contributed by atoms with E-state index in [0.29, 0.717) is 91.5 Å². The number of aliphatic imine (C=N–C) groups is 1. The fraction of sp³-hybridized carbons (Fsp3) is 0.400. The van der Waals surface area contributed by atoms with Crippen molar-refractivity contribution in [2.75, 3.05) is 61.6 Å². The average Bonchev–Trinajstić information content (AvgIpc) is 3.35. The van der Waals surface area contributed by atoms with Gasteiger partial charge in [0.2, 0.25) is 5.65 Å². The van der Waals surface area contributed by atoms with Crippen LogP contribution >= 0.6 is 0 Å². The predicted molar refractivity (Wildman–Crippen MR) is 141 cm³/mol. The molecule has 2 aliphatic rings. The molecular weight excluding hydrogens is 476 g/mol. The van der Waals surface area contributed by atoms with Crippen molar-refractivity contribution in [3.8, 4) is 0 Å². The number of aliphatic hydroxyl groups is 1. The molecule has 1 unspecified atom stereocenters. The molecule has 5 rings (SSSR count). The molecule has 0 bridgehead atoms. The first-order valence-corrected chi connectivity index (χ1v) is 12.3. The number of nitrogens with two attached hydrogens (primary N) is 1. The lowest BCUT2D eigenvalue weighted by Gasteiger charge is -2.32. The molecule has 0 saturated carbocycles. The number of ether oxygens (including phenoxy) is 1. The molecule has 1 atom stereocenters. The number of anilines is 3. The van der Waals surface area contributed by atoms with E-state index >= 15 is 0 Å². The van der Waals surface area contributed by atoms with Gasteiger partial charge in [0.15, 0.2) is 5.58 Å². The van der Waals surface area contributed by atoms with E-state index in [4.69, 9.17) is 19.9 Å². The van der Waals surface area contributed by atoms with Crippen LogP contribution in [0.2, 0.25) is 0 Å². The number of hydrogen-bond acceptors (Lipinski definition) is 11. The maximum Gasteiger partial charge on any atom is 0.300 e. The zero-order chi connectivity index (χ0) is 25.8. The molecular formula is C25H30N8O4. The minimum Gasteiger partial charge on any atom is -0.422 e. The molecule has 4 N–H and O–H groups in total. The van der Waals surface area contributed by atoms with Crippen molar-refractivity contribution in [1.82, 2.24) is 15.0 Å². The van der Waals surface area contributed by atoms with Gasteiger partial charge in [-0.15, -0.1) is 0 Å². The van der Waals surface area contributed by atoms with Gasteiger partial charge in [0, 0.05) is 57.3 Å². The summed E-state index contributed by atoms with van der Waals surface area (Å²) in [5.41, 5.74) is 8.03. The Morgan fingerprint density at radius 1 is 1.22 bits per heavy atom. The fourth-order valence-electron chi connectivity index (χ4n) is 4.47. The minimum atomic E-state index is -0.497. The highest BCUT2D eigenvalue weighted by Gasteiger charge is 2.27. The molecule has 0 radical (unpaired) electrons. The number of piperidine rings is 1. The van der Waals surface area contributed by atoms with Gasteiger partial charge < -0.3 is 35.1 Å². The topological polar surface area (TPSA) is 155 Å². The van der Waals surface area contributed by atoms with Crippen LogP contribution in [0.4, 0.5) is 17.7 Å². The Labute approximate surface area is 213 Å². The van der Waals surface area contributed by atoms with Gasteiger partial charge in [-0.2, -0.15) is 4.98 Å². The molecule has 12 heteroatoms. The van der Waals surface area contributed by atoms with Gasteiger partial charge in [-0.05, 0) is 25.0 Å². The summed E-state index contributed by atoms with van der Waals surface area (Å²) in [6, 6.07) is 7.36. The number of pyridine rings is 2. The number of carbonyl (C=O) groups is 1. The van der Waals surface area contributed by atoms with E-state index in [0.717, 1.165) is 6.42 Å². The van der Waals surface area contributed by atoms with E-state index in [1.807, 2.05) is 9.80 Å². The van der Waals surface area contributed by atoms with E-state index in [1.54, 1.807) is 37.5 Å². The van der Waals surface area contributed by atoms with Gasteiger partial charge in [0.05, 0.1) is 30.6 Å². The number of fused-ring (bicyclic) bond motifs is 1. The van der Waals surface area contributed by atoms with Gasteiger partial charge in [-0.1, -0.05) is 6.07 Å². The second-order valence-corrected chi connectivity index (χ2v) is 8.89. The quantitative estimate of drug-likeness (QED) is 0.420. The number of aromatic nitrogens is 3. The van der Waals surface area contributed by atoms with E-state index in [9.17, 15) is 9.90 Å². The Balaban J connectivity index is 1.50. The predicted octanol–water partition coefficient (Wildman–Crippen LogP) is 1.67. The Morgan fingerprint density at radius 3 is 2.81 bits per heavy atom. The maximum absolute atomic E-state index is 13.6. The van der Waals surface area contributed by atoms with E-state index in [-0.39, 0.29) is 0 Å². The monoisotopic (exact) mass is 506 g/mol. The van der Waals surface area contributed by atoms with Crippen molar-refractivity contribution >= 4 is 46.6 Å². The smallest absolute Gasteiger partial charge is 0.300 e. The average molecular weight is 507 g/mol. The second-order valence-electron chi connectivity index (χ2n) is 8.89. The third-order valence-electron chi connectivity index (χ3n) is 6.31. The van der Waals surface area contributed by atoms with Crippen LogP contribution in [0.25, 0.3) is 16.8 Å². The third-order valence-corrected chi connectivity index (χ3v) is 6.31. The normalized spacial score (nSPS) is 19.1. The van der Waals surface area contributed by atoms with Gasteiger partial charge in [-0.25, -0.2) is 9.97 Å². The van der Waals surface area contributed by atoms with Gasteiger partial charge in [0.25, 0.3) is 11.9 Å². The minimum absolute atomic E-state index is 0.309. The Hall–Kier alpha value is -4.03. The zero-order valence-corrected chi connectivity index (χ0v) is 20.6. The van der Waals surface area contributed by atoms with Crippen LogP contribution in [0.3, 0.4) is 0 Å². The lowest BCUT2D eigenvalue weighted by atomic mass is 10.1. The molecule has 194 valence electrons. The van der Waals surface area contributed by atoms with Gasteiger partial charge in [-0.3, -0.25) is 9.79 Å². The number of morpholine rings is 1. The van der Waals surface area contributed by atoms with Crippen molar-refractivity contribution < 1.29 is 19.1 Å². The van der Waals surface area contributed by atoms with Crippen LogP contribution < -0.4 is 20.9 Å². The lowest BCUT2D eigenvalue weighted by molar-refractivity contribution is 0.102. The first-order valence-electron chi connectivity index (χ1n) is 12.3. The molecule has 0 aromatic carbocycles. The summed E-state index contributed by atoms with van der Waals surface area (Å²) >= 11 is 0. The van der Waals surface area contributed by atoms with Crippen LogP contribution in [-0.4, -0.2) is 84.7 Å². The second kappa shape index (κ2) is 10.9. The molecule has 37 heavy (non-hydrogen) atoms. The van der Waals surface area contributed by atoms with E-state index in [2.05, 4.69) is 20.3 Å². The number of allylic oxidation sites excluding steroid dienone is 1. The number of nitrogens with zero attached hydrogens (tertiary/aromatic N) is 6. The number of amides is 1. The maximum atomic E-state index is 13.6. The number of β-amino-alcohol motifs (C(OH)–C–C–N with tert-alkyl or cyclic N) is 1. The Bertz CT molecular complexity index is 1330. The van der Waals surface area contributed by atoms with E-state index in [1.165, 1.54) is 6.20 Å². The molecule has 2 aliphatic heterocycles. The number of aliphatic hydroxyl groups excluding tert-OH is 1. The third kappa shape index (κ3) is 5.39. The molecule has 3 aromatic heterocycles. The summed E-state index contributed by atoms with van der Waals surface area (Å²) in [6.07, 6.45) is 4.01. The summed E-state index contributed by atoms with van der Waals surface area (Å²) in [5, 5.41) is 13.1. The van der Waals surface area contributed by atoms with Crippen LogP contribution in [0.5, 0.6) is 0 Å². The number of oxazole rings is 1. The van der Waals surface area contributed by atoms with Crippen LogP contribution in [-0.2, 0) is 4.74 Å². The van der Waals surface area contributed by atoms with Crippen molar-refractivity contribution in [2.24, 2.45) is 10.7 Å². The number of hydrogen-bond donors (Lipinski definition) is 3. The molecule has 1 amide bonds. The van der Waals surface area contributed by atoms with Crippen LogP contribution in [0, 0.1) is 0 Å². The molecule has 12 nitrogen and oxygen atoms in total. The highest BCUT2D eigenvalue weighted by molar-refractivity contribution is 6.10. The highest BCUT2D eigenvalue weighted by atomic mass is 16.5. The van der Waals surface area contributed by atoms with E-state index < -0.39 is 12.0 Å². The first-order chi connectivity index (χ1) is 18.1. The molecule has 0 spiro atoms. The fourth-order valence-corrected chi connectivity index (χ4v) is 4.47. The summed E-state index contributed by atoms with van der Waals surface area (Å²) < 4.78 is 11.4. The summed E-state index contributed by atoms with van der Waals surface area (Å²) in [4.78, 5) is 35.3. The zero-order valence-electron chi connectivity index (χ0n) is 20.6. The molecule has 2 saturated heterocycles. The van der Waals surface area contributed by atoms with Crippen molar-refractivity contribution in [3.63, 3.8) is 0 Å². The largest absolute Gasteiger partial charge is 0.422 e. The Kier molecular flexibility index (Phi) is 7.28. The molecule has 5 heterocycles. The van der Waals surface area contributed by atoms with Crippen LogP contribution in [0.1, 0.15) is 28.9 Å². The SMILES string of the molecule is CN=C/C(=C\N)c1cccc(NC(=O)c2cc3oc(N4CCOCC4)nc3nc2N2CCCC(O)C2)n1. The summed E-state index contributed by atoms with van der Waals surface area (Å²) in [7, 11) is 1.64. The summed E-state index contributed by atoms with van der Waals surface area (Å²) in [5.74, 6) is 0.394. The van der Waals surface area contributed by atoms with Crippen LogP contribution in [0.15, 0.2) is 39.9 Å². The summed E-state index contributed by atoms with van der Waals surface area (Å²) in [6.45, 7) is 3.55. The molecule has 2 fully saturated rings. The Morgan fingerprint density at radius 2 is 2.05 bits per heavy atom. The number of carbonyl (C=O) groups excluding carboxylic acids is 1. The first kappa shape index (κ1) is 24.7. The van der Waals surface area contributed by atoms with Crippen molar-refractivity contribution in [2.45, 2.75) is 18.9 Å². The number of nitrogens with one attached hydrogen (secondary N) is 1. The molecule has 0 aliphatic carbocycles. The highest BCUT2D eigenvalue weighted by Crippen LogP contribution is 2.30. The van der Waals surface area contributed by atoms with Gasteiger partial charge >= 0.3 is 0 Å². The van der Waals surface area contributed by atoms with Gasteiger partial charge in [0.1, 0.15) is 11.6 Å². The standard InChI is InChI=1S/C25H30N8O4/c1-27-14-16(13-26)19-5-2-6-21(28-19)29-24(35)18-12-20-22(30-23(18)33-7-3-4-17(34)15-33)31-25(37-20)32-8-10-36-11-9-32/h2,5-6,12-14,17,34H,3-4,7-11,15,26H2,1H3,(H,28,29,35)/b16-13+,27-14?. The number of rotatable bonds is 6.